The molecular weight excluding hydrogens is 391 g/mol. The predicted octanol–water partition coefficient (Wildman–Crippen LogP) is 6.71. The maximum atomic E-state index is 14.3. The van der Waals surface area contributed by atoms with Gasteiger partial charge in [-0.1, -0.05) is 24.3 Å². The van der Waals surface area contributed by atoms with Gasteiger partial charge in [0.15, 0.2) is 0 Å². The molecule has 166 valence electrons. The molecule has 0 spiro atoms. The molecule has 0 aromatic heterocycles. The van der Waals surface area contributed by atoms with E-state index in [-0.39, 0.29) is 24.1 Å². The van der Waals surface area contributed by atoms with E-state index >= 15 is 0 Å². The first-order valence-electron chi connectivity index (χ1n) is 11.7. The van der Waals surface area contributed by atoms with Crippen molar-refractivity contribution in [2.24, 2.45) is 11.8 Å². The highest BCUT2D eigenvalue weighted by molar-refractivity contribution is 5.68. The number of methoxy groups -OCH3 is 1. The molecule has 0 bridgehead atoms. The lowest BCUT2D eigenvalue weighted by Crippen LogP contribution is -2.15. The van der Waals surface area contributed by atoms with Crippen LogP contribution >= 0.6 is 0 Å². The number of hydrogen-bond acceptors (Lipinski definition) is 2. The van der Waals surface area contributed by atoms with Gasteiger partial charge in [0, 0.05) is 0 Å². The third-order valence-corrected chi connectivity index (χ3v) is 7.30. The van der Waals surface area contributed by atoms with Gasteiger partial charge in [0.25, 0.3) is 0 Å². The van der Waals surface area contributed by atoms with Crippen molar-refractivity contribution in [3.63, 3.8) is 0 Å². The van der Waals surface area contributed by atoms with Gasteiger partial charge in [-0.15, -0.1) is 0 Å². The van der Waals surface area contributed by atoms with Gasteiger partial charge in [-0.25, -0.2) is 4.39 Å². The lowest BCUT2D eigenvalue weighted by Gasteiger charge is -2.29. The minimum atomic E-state index is -0.702. The highest BCUT2D eigenvalue weighted by Crippen LogP contribution is 2.45. The van der Waals surface area contributed by atoms with E-state index in [0.29, 0.717) is 11.8 Å². The average Bonchev–Trinajstić information content (AvgIpc) is 3.62. The van der Waals surface area contributed by atoms with Gasteiger partial charge in [0.05, 0.1) is 13.5 Å². The monoisotopic (exact) mass is 424 g/mol. The van der Waals surface area contributed by atoms with E-state index in [0.717, 1.165) is 62.7 Å². The largest absolute Gasteiger partial charge is 0.497 e. The normalized spacial score (nSPS) is 22.1. The van der Waals surface area contributed by atoms with Crippen LogP contribution in [0, 0.1) is 17.7 Å². The highest BCUT2D eigenvalue weighted by Gasteiger charge is 2.33. The fourth-order valence-electron chi connectivity index (χ4n) is 5.32. The lowest BCUT2D eigenvalue weighted by atomic mass is 9.76. The number of carboxylic acid groups (broad SMARTS) is 1. The van der Waals surface area contributed by atoms with E-state index in [2.05, 4.69) is 24.3 Å². The molecule has 2 aliphatic rings. The zero-order valence-electron chi connectivity index (χ0n) is 18.4. The van der Waals surface area contributed by atoms with E-state index in [1.54, 1.807) is 13.2 Å². The predicted molar refractivity (Wildman–Crippen MR) is 120 cm³/mol. The van der Waals surface area contributed by atoms with Crippen molar-refractivity contribution < 1.29 is 19.0 Å². The fraction of sp³-hybridized carbons (Fsp3) is 0.519. The molecule has 1 unspecified atom stereocenters. The molecule has 2 aliphatic carbocycles. The standard InChI is InChI=1S/C27H33FO3/c1-31-23-13-14-26(28)25(16-23)21-9-7-18(8-10-21)5-6-19-3-2-4-22(15-19)24(17-27(29)30)20-11-12-20/h2-4,13-16,18,20-21,24H,5-12,17H2,1H3,(H,29,30). The number of carboxylic acids is 1. The number of benzene rings is 2. The number of carbonyl (C=O) groups is 1. The maximum absolute atomic E-state index is 14.3. The Bertz CT molecular complexity index is 897. The van der Waals surface area contributed by atoms with Gasteiger partial charge >= 0.3 is 5.97 Å². The molecule has 0 saturated heterocycles. The van der Waals surface area contributed by atoms with Crippen molar-refractivity contribution in [1.29, 1.82) is 0 Å². The second kappa shape index (κ2) is 9.84. The van der Waals surface area contributed by atoms with Crippen molar-refractivity contribution in [2.75, 3.05) is 7.11 Å². The Kier molecular flexibility index (Phi) is 6.94. The number of rotatable bonds is 9. The number of ether oxygens (including phenoxy) is 1. The first-order chi connectivity index (χ1) is 15.0. The molecule has 2 fully saturated rings. The summed E-state index contributed by atoms with van der Waals surface area (Å²) in [4.78, 5) is 11.3. The first-order valence-corrected chi connectivity index (χ1v) is 11.7. The van der Waals surface area contributed by atoms with Gasteiger partial charge in [-0.3, -0.25) is 4.79 Å². The topological polar surface area (TPSA) is 46.5 Å². The van der Waals surface area contributed by atoms with Crippen LogP contribution in [-0.4, -0.2) is 18.2 Å². The zero-order chi connectivity index (χ0) is 21.8. The van der Waals surface area contributed by atoms with Crippen molar-refractivity contribution in [3.05, 3.63) is 65.0 Å². The van der Waals surface area contributed by atoms with E-state index in [4.69, 9.17) is 4.74 Å². The summed E-state index contributed by atoms with van der Waals surface area (Å²) in [6.45, 7) is 0. The summed E-state index contributed by atoms with van der Waals surface area (Å²) in [5.74, 6) is 1.56. The number of aliphatic carboxylic acids is 1. The quantitative estimate of drug-likeness (QED) is 0.487. The molecule has 2 saturated carbocycles. The van der Waals surface area contributed by atoms with Gasteiger partial charge in [0.2, 0.25) is 0 Å². The van der Waals surface area contributed by atoms with Crippen LogP contribution in [0.2, 0.25) is 0 Å². The van der Waals surface area contributed by atoms with Gasteiger partial charge < -0.3 is 9.84 Å². The van der Waals surface area contributed by atoms with E-state index in [9.17, 15) is 14.3 Å². The molecule has 1 N–H and O–H groups in total. The molecule has 0 heterocycles. The SMILES string of the molecule is COc1ccc(F)c(C2CCC(CCc3cccc(C(CC(=O)O)C4CC4)c3)CC2)c1. The summed E-state index contributed by atoms with van der Waals surface area (Å²) >= 11 is 0. The van der Waals surface area contributed by atoms with Crippen LogP contribution in [0.1, 0.15) is 79.9 Å². The van der Waals surface area contributed by atoms with Crippen LogP contribution < -0.4 is 4.74 Å². The van der Waals surface area contributed by atoms with Crippen LogP contribution in [0.15, 0.2) is 42.5 Å². The van der Waals surface area contributed by atoms with E-state index in [1.807, 2.05) is 6.07 Å². The van der Waals surface area contributed by atoms with E-state index < -0.39 is 5.97 Å². The molecule has 2 aromatic carbocycles. The minimum absolute atomic E-state index is 0.118. The van der Waals surface area contributed by atoms with Crippen molar-refractivity contribution in [2.45, 2.75) is 69.6 Å². The van der Waals surface area contributed by atoms with Crippen LogP contribution in [0.4, 0.5) is 4.39 Å². The maximum Gasteiger partial charge on any atom is 0.303 e. The third-order valence-electron chi connectivity index (χ3n) is 7.30. The third kappa shape index (κ3) is 5.66. The summed E-state index contributed by atoms with van der Waals surface area (Å²) in [6.07, 6.45) is 9.02. The number of hydrogen-bond donors (Lipinski definition) is 1. The van der Waals surface area contributed by atoms with Crippen molar-refractivity contribution in [1.82, 2.24) is 0 Å². The average molecular weight is 425 g/mol. The summed E-state index contributed by atoms with van der Waals surface area (Å²) in [5.41, 5.74) is 3.31. The molecule has 4 heteroatoms. The Balaban J connectivity index is 1.31. The second-order valence-electron chi connectivity index (χ2n) is 9.43. The van der Waals surface area contributed by atoms with Crippen molar-refractivity contribution >= 4 is 5.97 Å². The molecule has 4 rings (SSSR count). The van der Waals surface area contributed by atoms with Gasteiger partial charge in [-0.2, -0.15) is 0 Å². The molecular formula is C27H33FO3. The number of halogens is 1. The summed E-state index contributed by atoms with van der Waals surface area (Å²) in [6, 6.07) is 13.7. The molecule has 0 radical (unpaired) electrons. The Morgan fingerprint density at radius 1 is 1.10 bits per heavy atom. The minimum Gasteiger partial charge on any atom is -0.497 e. The molecule has 31 heavy (non-hydrogen) atoms. The fourth-order valence-corrected chi connectivity index (χ4v) is 5.32. The summed E-state index contributed by atoms with van der Waals surface area (Å²) in [7, 11) is 1.62. The van der Waals surface area contributed by atoms with Gasteiger partial charge in [0.1, 0.15) is 11.6 Å². The molecule has 1 atom stereocenters. The molecule has 2 aromatic rings. The Hall–Kier alpha value is -2.36. The Morgan fingerprint density at radius 3 is 2.55 bits per heavy atom. The molecule has 0 aliphatic heterocycles. The van der Waals surface area contributed by atoms with Crippen LogP contribution in [0.5, 0.6) is 5.75 Å². The zero-order valence-corrected chi connectivity index (χ0v) is 18.4. The number of aryl methyl sites for hydroxylation is 1. The molecule has 0 amide bonds. The lowest BCUT2D eigenvalue weighted by molar-refractivity contribution is -0.137. The highest BCUT2D eigenvalue weighted by atomic mass is 19.1. The van der Waals surface area contributed by atoms with Crippen LogP contribution in [-0.2, 0) is 11.2 Å². The van der Waals surface area contributed by atoms with E-state index in [1.165, 1.54) is 17.2 Å². The summed E-state index contributed by atoms with van der Waals surface area (Å²) in [5, 5.41) is 9.28. The smallest absolute Gasteiger partial charge is 0.303 e. The van der Waals surface area contributed by atoms with Crippen molar-refractivity contribution in [3.8, 4) is 5.75 Å². The van der Waals surface area contributed by atoms with Crippen LogP contribution in [0.25, 0.3) is 0 Å². The Labute approximate surface area is 184 Å². The van der Waals surface area contributed by atoms with Gasteiger partial charge in [-0.05, 0) is 110 Å². The second-order valence-corrected chi connectivity index (χ2v) is 9.43. The summed E-state index contributed by atoms with van der Waals surface area (Å²) < 4.78 is 19.6. The Morgan fingerprint density at radius 2 is 1.87 bits per heavy atom. The molecule has 3 nitrogen and oxygen atoms in total. The first kappa shape index (κ1) is 21.9. The van der Waals surface area contributed by atoms with Crippen LogP contribution in [0.3, 0.4) is 0 Å².